The molecule has 1 unspecified atom stereocenters. The molecule has 2 aromatic rings. The summed E-state index contributed by atoms with van der Waals surface area (Å²) in [4.78, 5) is 0. The monoisotopic (exact) mass is 351 g/mol. The Kier molecular flexibility index (Phi) is 4.53. The summed E-state index contributed by atoms with van der Waals surface area (Å²) in [5, 5.41) is 5.93. The van der Waals surface area contributed by atoms with Gasteiger partial charge in [0.25, 0.3) is 0 Å². The zero-order valence-electron chi connectivity index (χ0n) is 10.2. The number of thiophene rings is 1. The summed E-state index contributed by atoms with van der Waals surface area (Å²) >= 11 is 5.01. The Morgan fingerprint density at radius 1 is 1.37 bits per heavy atom. The molecule has 1 N–H and O–H groups in total. The van der Waals surface area contributed by atoms with Crippen LogP contribution in [0.5, 0.6) is 0 Å². The van der Waals surface area contributed by atoms with Crippen LogP contribution in [0.2, 0.25) is 0 Å². The topological polar surface area (TPSA) is 12.0 Å². The van der Waals surface area contributed by atoms with Gasteiger partial charge in [-0.2, -0.15) is 13.2 Å². The van der Waals surface area contributed by atoms with Gasteiger partial charge in [-0.05, 0) is 51.8 Å². The third-order valence-electron chi connectivity index (χ3n) is 3.02. The van der Waals surface area contributed by atoms with Crippen LogP contribution in [0.4, 0.5) is 13.2 Å². The van der Waals surface area contributed by atoms with E-state index in [1.54, 1.807) is 18.4 Å². The van der Waals surface area contributed by atoms with Crippen LogP contribution < -0.4 is 5.32 Å². The third-order valence-corrected chi connectivity index (χ3v) is 4.99. The smallest absolute Gasteiger partial charge is 0.313 e. The van der Waals surface area contributed by atoms with E-state index < -0.39 is 12.6 Å². The van der Waals surface area contributed by atoms with E-state index in [4.69, 9.17) is 0 Å². The van der Waals surface area contributed by atoms with Gasteiger partial charge >= 0.3 is 6.18 Å². The largest absolute Gasteiger partial charge is 0.389 e. The Labute approximate surface area is 121 Å². The lowest BCUT2D eigenvalue weighted by atomic mass is 10.0. The summed E-state index contributed by atoms with van der Waals surface area (Å²) in [6.07, 6.45) is -4.83. The van der Waals surface area contributed by atoms with E-state index in [1.165, 1.54) is 0 Å². The molecule has 104 valence electrons. The van der Waals surface area contributed by atoms with Gasteiger partial charge in [-0.1, -0.05) is 12.1 Å². The Morgan fingerprint density at radius 2 is 2.11 bits per heavy atom. The number of nitrogens with one attached hydrogen (secondary N) is 1. The van der Waals surface area contributed by atoms with Crippen LogP contribution in [0, 0.1) is 0 Å². The van der Waals surface area contributed by atoms with E-state index in [0.717, 1.165) is 20.1 Å². The van der Waals surface area contributed by atoms with Crippen molar-refractivity contribution in [1.29, 1.82) is 0 Å². The van der Waals surface area contributed by atoms with Crippen molar-refractivity contribution in [2.45, 2.75) is 25.1 Å². The minimum atomic E-state index is -4.11. The Bertz CT molecular complexity index is 565. The fourth-order valence-corrected chi connectivity index (χ4v) is 3.75. The maximum atomic E-state index is 12.3. The zero-order valence-corrected chi connectivity index (χ0v) is 12.6. The second-order valence-corrected chi connectivity index (χ2v) is 6.04. The molecule has 1 atom stereocenters. The minimum Gasteiger partial charge on any atom is -0.313 e. The van der Waals surface area contributed by atoms with E-state index in [0.29, 0.717) is 0 Å². The summed E-state index contributed by atoms with van der Waals surface area (Å²) in [5.74, 6) is 0. The van der Waals surface area contributed by atoms with Gasteiger partial charge in [-0.3, -0.25) is 0 Å². The van der Waals surface area contributed by atoms with Gasteiger partial charge in [-0.25, -0.2) is 0 Å². The summed E-state index contributed by atoms with van der Waals surface area (Å²) in [6, 6.07) is 5.51. The van der Waals surface area contributed by atoms with Crippen molar-refractivity contribution in [1.82, 2.24) is 5.32 Å². The van der Waals surface area contributed by atoms with Crippen molar-refractivity contribution in [2.24, 2.45) is 0 Å². The predicted octanol–water partition coefficient (Wildman–Crippen LogP) is 5.27. The highest BCUT2D eigenvalue weighted by atomic mass is 79.9. The molecule has 1 aromatic heterocycles. The molecule has 1 heterocycles. The molecule has 0 fully saturated rings. The molecule has 6 heteroatoms. The van der Waals surface area contributed by atoms with Crippen LogP contribution in [0.1, 0.15) is 24.4 Å². The van der Waals surface area contributed by atoms with Crippen molar-refractivity contribution in [2.75, 3.05) is 7.05 Å². The lowest BCUT2D eigenvalue weighted by Crippen LogP contribution is -2.19. The first-order chi connectivity index (χ1) is 8.92. The van der Waals surface area contributed by atoms with Crippen LogP contribution in [0.15, 0.2) is 28.1 Å². The fourth-order valence-electron chi connectivity index (χ4n) is 2.08. The fraction of sp³-hybridized carbons (Fsp3) is 0.385. The first kappa shape index (κ1) is 14.8. The SMILES string of the molecule is CNC(CCC(F)(F)F)c1csc2c(Br)cccc12. The Hall–Kier alpha value is -0.590. The number of alkyl halides is 3. The summed E-state index contributed by atoms with van der Waals surface area (Å²) in [6.45, 7) is 0. The average molecular weight is 352 g/mol. The molecule has 0 saturated carbocycles. The molecule has 0 aliphatic rings. The van der Waals surface area contributed by atoms with Gasteiger partial charge in [0.2, 0.25) is 0 Å². The van der Waals surface area contributed by atoms with Gasteiger partial charge < -0.3 is 5.32 Å². The molecule has 0 aliphatic carbocycles. The van der Waals surface area contributed by atoms with Gasteiger partial charge in [0.05, 0.1) is 0 Å². The molecular weight excluding hydrogens is 339 g/mol. The van der Waals surface area contributed by atoms with E-state index in [-0.39, 0.29) is 12.5 Å². The van der Waals surface area contributed by atoms with Gasteiger partial charge in [-0.15, -0.1) is 11.3 Å². The van der Waals surface area contributed by atoms with Crippen LogP contribution in [-0.2, 0) is 0 Å². The normalized spacial score (nSPS) is 13.9. The van der Waals surface area contributed by atoms with E-state index >= 15 is 0 Å². The van der Waals surface area contributed by atoms with Crippen LogP contribution in [-0.4, -0.2) is 13.2 Å². The van der Waals surface area contributed by atoms with Gasteiger partial charge in [0.1, 0.15) is 0 Å². The van der Waals surface area contributed by atoms with Gasteiger partial charge in [0, 0.05) is 21.6 Å². The van der Waals surface area contributed by atoms with E-state index in [2.05, 4.69) is 21.2 Å². The second kappa shape index (κ2) is 5.81. The first-order valence-electron chi connectivity index (χ1n) is 5.82. The number of hydrogen-bond acceptors (Lipinski definition) is 2. The van der Waals surface area contributed by atoms with Crippen molar-refractivity contribution in [3.63, 3.8) is 0 Å². The molecule has 0 bridgehead atoms. The number of halogens is 4. The zero-order chi connectivity index (χ0) is 14.0. The Balaban J connectivity index is 2.28. The predicted molar refractivity (Wildman–Crippen MR) is 76.6 cm³/mol. The van der Waals surface area contributed by atoms with Crippen LogP contribution in [0.3, 0.4) is 0 Å². The molecule has 1 nitrogen and oxygen atoms in total. The molecule has 2 rings (SSSR count). The lowest BCUT2D eigenvalue weighted by molar-refractivity contribution is -0.136. The molecule has 0 radical (unpaired) electrons. The molecule has 1 aromatic carbocycles. The van der Waals surface area contributed by atoms with Crippen LogP contribution in [0.25, 0.3) is 10.1 Å². The van der Waals surface area contributed by atoms with Gasteiger partial charge in [0.15, 0.2) is 0 Å². The molecule has 0 amide bonds. The average Bonchev–Trinajstić information content (AvgIpc) is 2.74. The highest BCUT2D eigenvalue weighted by Crippen LogP contribution is 2.37. The number of rotatable bonds is 4. The molecule has 0 spiro atoms. The number of fused-ring (bicyclic) bond motifs is 1. The number of benzene rings is 1. The lowest BCUT2D eigenvalue weighted by Gasteiger charge is -2.17. The molecule has 0 saturated heterocycles. The molecule has 19 heavy (non-hydrogen) atoms. The van der Waals surface area contributed by atoms with E-state index in [1.807, 2.05) is 23.6 Å². The highest BCUT2D eigenvalue weighted by Gasteiger charge is 2.29. The Morgan fingerprint density at radius 3 is 2.74 bits per heavy atom. The van der Waals surface area contributed by atoms with Crippen molar-refractivity contribution in [3.8, 4) is 0 Å². The van der Waals surface area contributed by atoms with Crippen molar-refractivity contribution < 1.29 is 13.2 Å². The van der Waals surface area contributed by atoms with E-state index in [9.17, 15) is 13.2 Å². The second-order valence-electron chi connectivity index (χ2n) is 4.30. The third kappa shape index (κ3) is 3.49. The van der Waals surface area contributed by atoms with Crippen molar-refractivity contribution in [3.05, 3.63) is 33.6 Å². The maximum absolute atomic E-state index is 12.3. The minimum absolute atomic E-state index is 0.0539. The number of hydrogen-bond donors (Lipinski definition) is 1. The molecule has 0 aliphatic heterocycles. The highest BCUT2D eigenvalue weighted by molar-refractivity contribution is 9.10. The summed E-state index contributed by atoms with van der Waals surface area (Å²) in [7, 11) is 1.70. The van der Waals surface area contributed by atoms with Crippen LogP contribution >= 0.6 is 27.3 Å². The summed E-state index contributed by atoms with van der Waals surface area (Å²) in [5.41, 5.74) is 0.938. The summed E-state index contributed by atoms with van der Waals surface area (Å²) < 4.78 is 39.1. The van der Waals surface area contributed by atoms with Crippen molar-refractivity contribution >= 4 is 37.4 Å². The molecular formula is C13H13BrF3NS. The first-order valence-corrected chi connectivity index (χ1v) is 7.49. The maximum Gasteiger partial charge on any atom is 0.389 e. The quantitative estimate of drug-likeness (QED) is 0.791. The standard InChI is InChI=1S/C13H13BrF3NS/c1-18-11(5-6-13(15,16)17)9-7-19-12-8(9)3-2-4-10(12)14/h2-4,7,11,18H,5-6H2,1H3.